The molecule has 0 saturated heterocycles. The molecule has 0 heterocycles. The first-order valence-corrected chi connectivity index (χ1v) is 6.54. The van der Waals surface area contributed by atoms with Gasteiger partial charge in [0.05, 0.1) is 11.4 Å². The van der Waals surface area contributed by atoms with E-state index in [1.807, 2.05) is 0 Å². The molecule has 1 aromatic rings. The maximum atomic E-state index is 11.2. The van der Waals surface area contributed by atoms with Crippen molar-refractivity contribution in [2.45, 2.75) is 4.90 Å². The van der Waals surface area contributed by atoms with Gasteiger partial charge in [-0.25, -0.2) is 8.42 Å². The normalized spacial score (nSPS) is 11.1. The van der Waals surface area contributed by atoms with Crippen molar-refractivity contribution in [3.05, 3.63) is 35.9 Å². The maximum Gasteiger partial charge on any atom is 0.175 e. The molecular weight excluding hydrogens is 234 g/mol. The zero-order valence-corrected chi connectivity index (χ0v) is 9.90. The minimum Gasteiger partial charge on any atom is -0.380 e. The van der Waals surface area contributed by atoms with Crippen molar-refractivity contribution < 1.29 is 8.42 Å². The van der Waals surface area contributed by atoms with Gasteiger partial charge < -0.3 is 5.32 Å². The van der Waals surface area contributed by atoms with E-state index in [9.17, 15) is 8.42 Å². The number of sulfone groups is 1. The van der Waals surface area contributed by atoms with E-state index in [2.05, 4.69) is 11.9 Å². The largest absolute Gasteiger partial charge is 0.380 e. The fraction of sp³-hybridized carbons (Fsp3) is 0.200. The van der Waals surface area contributed by atoms with Crippen LogP contribution in [0.4, 0.5) is 5.69 Å². The molecule has 0 aliphatic heterocycles. The monoisotopic (exact) mass is 245 g/mol. The van der Waals surface area contributed by atoms with Crippen molar-refractivity contribution in [2.75, 3.05) is 18.1 Å². The average Bonchev–Trinajstić information content (AvgIpc) is 2.14. The van der Waals surface area contributed by atoms with Crippen molar-refractivity contribution in [1.29, 1.82) is 0 Å². The van der Waals surface area contributed by atoms with Gasteiger partial charge in [-0.1, -0.05) is 18.2 Å². The average molecular weight is 246 g/mol. The Kier molecular flexibility index (Phi) is 3.77. The van der Waals surface area contributed by atoms with Crippen molar-refractivity contribution in [2.24, 2.45) is 0 Å². The summed E-state index contributed by atoms with van der Waals surface area (Å²) in [6, 6.07) is 6.48. The molecule has 0 spiro atoms. The fourth-order valence-electron chi connectivity index (χ4n) is 1.02. The number of hydrogen-bond donors (Lipinski definition) is 1. The van der Waals surface area contributed by atoms with Crippen LogP contribution in [0.15, 0.2) is 40.8 Å². The van der Waals surface area contributed by atoms with Gasteiger partial charge in [0.2, 0.25) is 0 Å². The molecule has 0 saturated carbocycles. The van der Waals surface area contributed by atoms with Crippen molar-refractivity contribution >= 4 is 27.1 Å². The second-order valence-corrected chi connectivity index (χ2v) is 5.72. The number of benzene rings is 1. The predicted molar refractivity (Wildman–Crippen MR) is 63.0 cm³/mol. The highest BCUT2D eigenvalue weighted by Gasteiger charge is 2.05. The minimum atomic E-state index is -3.12. The van der Waals surface area contributed by atoms with Gasteiger partial charge in [-0.2, -0.15) is 0 Å². The summed E-state index contributed by atoms with van der Waals surface area (Å²) in [5.41, 5.74) is 0.809. The van der Waals surface area contributed by atoms with E-state index in [0.29, 0.717) is 16.5 Å². The van der Waals surface area contributed by atoms with Crippen LogP contribution in [0.3, 0.4) is 0 Å². The number of nitrogens with one attached hydrogen (secondary N) is 1. The Hall–Kier alpha value is -1.00. The minimum absolute atomic E-state index is 0.303. The van der Waals surface area contributed by atoms with Gasteiger partial charge in [-0.15, -0.1) is 0 Å². The molecule has 5 heteroatoms. The SMILES string of the molecule is C=C(Cl)CNc1ccc(S(C)(=O)=O)cc1. The number of halogens is 1. The summed E-state index contributed by atoms with van der Waals surface area (Å²) in [5, 5.41) is 3.50. The zero-order chi connectivity index (χ0) is 11.5. The lowest BCUT2D eigenvalue weighted by atomic mass is 10.3. The second-order valence-electron chi connectivity index (χ2n) is 3.17. The van der Waals surface area contributed by atoms with E-state index >= 15 is 0 Å². The van der Waals surface area contributed by atoms with E-state index < -0.39 is 9.84 Å². The second kappa shape index (κ2) is 4.68. The van der Waals surface area contributed by atoms with Crippen LogP contribution >= 0.6 is 11.6 Å². The molecule has 0 atom stereocenters. The Bertz CT molecular complexity index is 451. The van der Waals surface area contributed by atoms with Crippen molar-refractivity contribution in [3.8, 4) is 0 Å². The molecule has 0 unspecified atom stereocenters. The fourth-order valence-corrected chi connectivity index (χ4v) is 1.72. The molecule has 82 valence electrons. The van der Waals surface area contributed by atoms with E-state index in [0.717, 1.165) is 5.69 Å². The van der Waals surface area contributed by atoms with Gasteiger partial charge in [0.15, 0.2) is 9.84 Å². The van der Waals surface area contributed by atoms with Gasteiger partial charge in [-0.3, -0.25) is 0 Å². The highest BCUT2D eigenvalue weighted by molar-refractivity contribution is 7.90. The molecule has 1 aromatic carbocycles. The van der Waals surface area contributed by atoms with Crippen LogP contribution in [-0.2, 0) is 9.84 Å². The van der Waals surface area contributed by atoms with Crippen molar-refractivity contribution in [3.63, 3.8) is 0 Å². The first kappa shape index (κ1) is 12.1. The lowest BCUT2D eigenvalue weighted by Crippen LogP contribution is -2.01. The third-order valence-electron chi connectivity index (χ3n) is 1.77. The molecule has 3 nitrogen and oxygen atoms in total. The van der Waals surface area contributed by atoms with Crippen LogP contribution in [0.1, 0.15) is 0 Å². The van der Waals surface area contributed by atoms with Gasteiger partial charge in [0, 0.05) is 17.0 Å². The third kappa shape index (κ3) is 3.93. The molecule has 1 N–H and O–H groups in total. The van der Waals surface area contributed by atoms with E-state index in [1.54, 1.807) is 24.3 Å². The first-order valence-electron chi connectivity index (χ1n) is 4.27. The van der Waals surface area contributed by atoms with Gasteiger partial charge in [0.1, 0.15) is 0 Å². The Morgan fingerprint density at radius 3 is 2.33 bits per heavy atom. The van der Waals surface area contributed by atoms with Gasteiger partial charge >= 0.3 is 0 Å². The number of hydrogen-bond acceptors (Lipinski definition) is 3. The Morgan fingerprint density at radius 1 is 1.40 bits per heavy atom. The third-order valence-corrected chi connectivity index (χ3v) is 3.03. The zero-order valence-electron chi connectivity index (χ0n) is 8.33. The van der Waals surface area contributed by atoms with E-state index in [-0.39, 0.29) is 0 Å². The first-order chi connectivity index (χ1) is 6.89. The predicted octanol–water partition coefficient (Wildman–Crippen LogP) is 2.25. The smallest absolute Gasteiger partial charge is 0.175 e. The summed E-state index contributed by atoms with van der Waals surface area (Å²) < 4.78 is 22.3. The quantitative estimate of drug-likeness (QED) is 0.885. The molecule has 0 aliphatic rings. The molecule has 0 fully saturated rings. The molecule has 15 heavy (non-hydrogen) atoms. The molecule has 1 rings (SSSR count). The molecule has 0 radical (unpaired) electrons. The van der Waals surface area contributed by atoms with Crippen LogP contribution in [0, 0.1) is 0 Å². The van der Waals surface area contributed by atoms with Crippen molar-refractivity contribution in [1.82, 2.24) is 0 Å². The number of rotatable bonds is 4. The highest BCUT2D eigenvalue weighted by atomic mass is 35.5. The van der Waals surface area contributed by atoms with Crippen LogP contribution in [0.25, 0.3) is 0 Å². The van der Waals surface area contributed by atoms with Crippen LogP contribution < -0.4 is 5.32 Å². The Balaban J connectivity index is 2.77. The summed E-state index contributed by atoms with van der Waals surface area (Å²) in [4.78, 5) is 0.303. The standard InChI is InChI=1S/C10H12ClNO2S/c1-8(11)7-12-9-3-5-10(6-4-9)15(2,13)14/h3-6,12H,1,7H2,2H3. The topological polar surface area (TPSA) is 46.2 Å². The lowest BCUT2D eigenvalue weighted by Gasteiger charge is -2.05. The Morgan fingerprint density at radius 2 is 1.93 bits per heavy atom. The summed E-state index contributed by atoms with van der Waals surface area (Å²) in [7, 11) is -3.12. The number of anilines is 1. The van der Waals surface area contributed by atoms with Crippen LogP contribution in [0.5, 0.6) is 0 Å². The molecule has 0 aliphatic carbocycles. The van der Waals surface area contributed by atoms with Crippen LogP contribution in [-0.4, -0.2) is 21.2 Å². The molecule has 0 amide bonds. The van der Waals surface area contributed by atoms with Crippen LogP contribution in [0.2, 0.25) is 0 Å². The molecular formula is C10H12ClNO2S. The molecule has 0 bridgehead atoms. The van der Waals surface area contributed by atoms with Gasteiger partial charge in [-0.05, 0) is 24.3 Å². The lowest BCUT2D eigenvalue weighted by molar-refractivity contribution is 0.602. The Labute approximate surface area is 94.7 Å². The van der Waals surface area contributed by atoms with Gasteiger partial charge in [0.25, 0.3) is 0 Å². The summed E-state index contributed by atoms with van der Waals surface area (Å²) >= 11 is 5.58. The van der Waals surface area contributed by atoms with E-state index in [4.69, 9.17) is 11.6 Å². The molecule has 0 aromatic heterocycles. The summed E-state index contributed by atoms with van der Waals surface area (Å²) in [6.45, 7) is 3.99. The summed E-state index contributed by atoms with van der Waals surface area (Å²) in [6.07, 6.45) is 1.18. The highest BCUT2D eigenvalue weighted by Crippen LogP contribution is 2.14. The maximum absolute atomic E-state index is 11.2. The summed E-state index contributed by atoms with van der Waals surface area (Å²) in [5.74, 6) is 0. The van der Waals surface area contributed by atoms with E-state index in [1.165, 1.54) is 6.26 Å².